The number of aliphatic imine (C=N–C) groups is 1. The molecule has 1 heterocycles. The summed E-state index contributed by atoms with van der Waals surface area (Å²) in [7, 11) is 1.72. The van der Waals surface area contributed by atoms with Crippen molar-refractivity contribution in [3.8, 4) is 0 Å². The van der Waals surface area contributed by atoms with Crippen molar-refractivity contribution in [2.45, 2.75) is 6.92 Å². The minimum Gasteiger partial charge on any atom is -0.328 e. The van der Waals surface area contributed by atoms with E-state index < -0.39 is 0 Å². The van der Waals surface area contributed by atoms with Crippen molar-refractivity contribution in [3.05, 3.63) is 0 Å². The molecule has 0 spiro atoms. The van der Waals surface area contributed by atoms with E-state index in [1.165, 1.54) is 6.92 Å². The van der Waals surface area contributed by atoms with E-state index >= 15 is 0 Å². The molecule has 0 atom stereocenters. The van der Waals surface area contributed by atoms with Gasteiger partial charge in [0.25, 0.3) is 0 Å². The highest BCUT2D eigenvalue weighted by molar-refractivity contribution is 6.02. The van der Waals surface area contributed by atoms with Crippen LogP contribution in [0.25, 0.3) is 0 Å². The predicted octanol–water partition coefficient (Wildman–Crippen LogP) is -0.909. The molecular weight excluding hydrogens is 160 g/mol. The van der Waals surface area contributed by atoms with Gasteiger partial charge in [-0.3, -0.25) is 10.1 Å². The van der Waals surface area contributed by atoms with Crippen molar-refractivity contribution in [1.82, 2.24) is 15.5 Å². The number of nitrogens with zero attached hydrogens (tertiary/aromatic N) is 2. The van der Waals surface area contributed by atoms with Crippen LogP contribution in [0.5, 0.6) is 0 Å². The molecule has 0 radical (unpaired) electrons. The lowest BCUT2D eigenvalue weighted by Gasteiger charge is -2.26. The van der Waals surface area contributed by atoms with Crippen molar-refractivity contribution in [3.63, 3.8) is 0 Å². The van der Waals surface area contributed by atoms with Crippen LogP contribution in [0.1, 0.15) is 6.92 Å². The largest absolute Gasteiger partial charge is 0.328 e. The lowest BCUT2D eigenvalue weighted by Crippen LogP contribution is -2.56. The molecule has 0 aromatic heterocycles. The average Bonchev–Trinajstić information content (AvgIpc) is 1.96. The summed E-state index contributed by atoms with van der Waals surface area (Å²) in [5, 5.41) is 4.92. The van der Waals surface area contributed by atoms with Crippen molar-refractivity contribution in [2.24, 2.45) is 4.99 Å². The van der Waals surface area contributed by atoms with E-state index in [0.717, 1.165) is 0 Å². The van der Waals surface area contributed by atoms with E-state index in [0.29, 0.717) is 6.67 Å². The molecule has 0 bridgehead atoms. The van der Waals surface area contributed by atoms with Crippen LogP contribution in [-0.4, -0.2) is 36.5 Å². The van der Waals surface area contributed by atoms with Crippen LogP contribution in [0.4, 0.5) is 4.79 Å². The van der Waals surface area contributed by atoms with Crippen LogP contribution >= 0.6 is 0 Å². The second-order valence-corrected chi connectivity index (χ2v) is 2.44. The zero-order chi connectivity index (χ0) is 9.14. The topological polar surface area (TPSA) is 73.8 Å². The molecule has 1 aliphatic heterocycles. The Morgan fingerprint density at radius 1 is 1.67 bits per heavy atom. The maximum absolute atomic E-state index is 10.8. The van der Waals surface area contributed by atoms with Gasteiger partial charge in [0.05, 0.1) is 6.67 Å². The Hall–Kier alpha value is -1.59. The molecule has 1 rings (SSSR count). The molecule has 1 aliphatic rings. The zero-order valence-electron chi connectivity index (χ0n) is 6.92. The van der Waals surface area contributed by atoms with Gasteiger partial charge in [0.15, 0.2) is 0 Å². The van der Waals surface area contributed by atoms with E-state index in [1.807, 2.05) is 0 Å². The summed E-state index contributed by atoms with van der Waals surface area (Å²) in [5.74, 6) is -0.0506. The Kier molecular flexibility index (Phi) is 2.27. The minimum absolute atomic E-state index is 0.284. The Balaban J connectivity index is 2.73. The number of carbonyl (C=O) groups excluding carboxylic acids is 2. The molecule has 0 aromatic rings. The molecule has 6 heteroatoms. The highest BCUT2D eigenvalue weighted by Gasteiger charge is 2.16. The predicted molar refractivity (Wildman–Crippen MR) is 42.4 cm³/mol. The normalized spacial score (nSPS) is 20.3. The van der Waals surface area contributed by atoms with Gasteiger partial charge in [-0.1, -0.05) is 0 Å². The maximum atomic E-state index is 10.8. The third kappa shape index (κ3) is 1.94. The van der Waals surface area contributed by atoms with Gasteiger partial charge in [-0.2, -0.15) is 4.99 Å². The number of nitrogens with one attached hydrogen (secondary N) is 2. The summed E-state index contributed by atoms with van der Waals surface area (Å²) < 4.78 is 0. The molecular formula is C6H10N4O2. The van der Waals surface area contributed by atoms with Crippen molar-refractivity contribution >= 4 is 17.9 Å². The molecule has 0 aromatic carbocycles. The number of carbonyl (C=O) groups is 2. The summed E-state index contributed by atoms with van der Waals surface area (Å²) >= 11 is 0. The monoisotopic (exact) mass is 170 g/mol. The first-order valence-electron chi connectivity index (χ1n) is 3.45. The van der Waals surface area contributed by atoms with Gasteiger partial charge in [0, 0.05) is 14.0 Å². The summed E-state index contributed by atoms with van der Waals surface area (Å²) in [6.45, 7) is 1.69. The molecule has 3 amide bonds. The molecule has 1 saturated heterocycles. The number of amides is 3. The first-order chi connectivity index (χ1) is 5.59. The smallest absolute Gasteiger partial charge is 0.322 e. The Morgan fingerprint density at radius 3 is 2.92 bits per heavy atom. The van der Waals surface area contributed by atoms with Crippen LogP contribution < -0.4 is 10.6 Å². The van der Waals surface area contributed by atoms with Crippen LogP contribution in [0, 0.1) is 0 Å². The number of hydrogen-bond acceptors (Lipinski definition) is 2. The van der Waals surface area contributed by atoms with Gasteiger partial charge in [-0.05, 0) is 0 Å². The average molecular weight is 170 g/mol. The summed E-state index contributed by atoms with van der Waals surface area (Å²) in [4.78, 5) is 26.6. The Bertz CT molecular complexity index is 248. The molecule has 0 unspecified atom stereocenters. The standard InChI is InChI=1S/C6H10N4O2/c1-4(11)8-5-9-6(12)7-3-10(5)2/h3H2,1-2H3,(H2,7,8,9,11,12). The summed E-state index contributed by atoms with van der Waals surface area (Å²) in [6, 6.07) is -0.340. The molecule has 0 aliphatic carbocycles. The van der Waals surface area contributed by atoms with Crippen molar-refractivity contribution < 1.29 is 9.59 Å². The van der Waals surface area contributed by atoms with Crippen LogP contribution in [0.2, 0.25) is 0 Å². The lowest BCUT2D eigenvalue weighted by atomic mass is 10.6. The molecule has 12 heavy (non-hydrogen) atoms. The van der Waals surface area contributed by atoms with Gasteiger partial charge < -0.3 is 10.2 Å². The van der Waals surface area contributed by atoms with E-state index in [1.54, 1.807) is 11.9 Å². The van der Waals surface area contributed by atoms with E-state index in [4.69, 9.17) is 0 Å². The number of urea groups is 1. The van der Waals surface area contributed by atoms with Gasteiger partial charge >= 0.3 is 6.03 Å². The van der Waals surface area contributed by atoms with E-state index in [-0.39, 0.29) is 17.9 Å². The van der Waals surface area contributed by atoms with Gasteiger partial charge in [0.1, 0.15) is 0 Å². The molecule has 2 N–H and O–H groups in total. The van der Waals surface area contributed by atoms with Crippen LogP contribution in [-0.2, 0) is 4.79 Å². The molecule has 6 nitrogen and oxygen atoms in total. The number of hydrogen-bond donors (Lipinski definition) is 2. The third-order valence-electron chi connectivity index (χ3n) is 1.33. The maximum Gasteiger partial charge on any atom is 0.322 e. The first-order valence-corrected chi connectivity index (χ1v) is 3.45. The lowest BCUT2D eigenvalue weighted by molar-refractivity contribution is -0.115. The third-order valence-corrected chi connectivity index (χ3v) is 1.33. The fourth-order valence-electron chi connectivity index (χ4n) is 0.769. The van der Waals surface area contributed by atoms with Gasteiger partial charge in [0.2, 0.25) is 11.9 Å². The van der Waals surface area contributed by atoms with E-state index in [2.05, 4.69) is 15.6 Å². The number of rotatable bonds is 0. The Labute approximate surface area is 69.6 Å². The zero-order valence-corrected chi connectivity index (χ0v) is 6.92. The quantitative estimate of drug-likeness (QED) is 0.494. The van der Waals surface area contributed by atoms with Crippen molar-refractivity contribution in [2.75, 3.05) is 13.7 Å². The van der Waals surface area contributed by atoms with Crippen molar-refractivity contribution in [1.29, 1.82) is 0 Å². The fourth-order valence-corrected chi connectivity index (χ4v) is 0.769. The Morgan fingerprint density at radius 2 is 2.33 bits per heavy atom. The molecule has 0 saturated carbocycles. The van der Waals surface area contributed by atoms with Crippen LogP contribution in [0.3, 0.4) is 0 Å². The molecule has 66 valence electrons. The number of guanidine groups is 1. The second-order valence-electron chi connectivity index (χ2n) is 2.44. The molecule has 1 fully saturated rings. The second kappa shape index (κ2) is 3.21. The first kappa shape index (κ1) is 8.51. The van der Waals surface area contributed by atoms with Gasteiger partial charge in [-0.25, -0.2) is 4.79 Å². The fraction of sp³-hybridized carbons (Fsp3) is 0.500. The van der Waals surface area contributed by atoms with Gasteiger partial charge in [-0.15, -0.1) is 0 Å². The van der Waals surface area contributed by atoms with E-state index in [9.17, 15) is 9.59 Å². The SMILES string of the molecule is CC(=O)N=C1NC(=O)NCN1C. The highest BCUT2D eigenvalue weighted by Crippen LogP contribution is 1.89. The minimum atomic E-state index is -0.340. The summed E-state index contributed by atoms with van der Waals surface area (Å²) in [5.41, 5.74) is 0. The highest BCUT2D eigenvalue weighted by atomic mass is 16.2. The van der Waals surface area contributed by atoms with Crippen LogP contribution in [0.15, 0.2) is 4.99 Å². The summed E-state index contributed by atoms with van der Waals surface area (Å²) in [6.07, 6.45) is 0.